The number of benzene rings is 1. The summed E-state index contributed by atoms with van der Waals surface area (Å²) in [5.41, 5.74) is 6.06. The number of anilines is 2. The van der Waals surface area contributed by atoms with Gasteiger partial charge in [0.15, 0.2) is 0 Å². The Kier molecular flexibility index (Phi) is 5.65. The van der Waals surface area contributed by atoms with Crippen LogP contribution in [-0.2, 0) is 14.8 Å². The molecule has 1 saturated heterocycles. The fourth-order valence-corrected chi connectivity index (χ4v) is 4.84. The van der Waals surface area contributed by atoms with Gasteiger partial charge in [-0.05, 0) is 38.0 Å². The van der Waals surface area contributed by atoms with Crippen LogP contribution in [0.4, 0.5) is 11.5 Å². The monoisotopic (exact) mass is 389 g/mol. The molecule has 1 aromatic carbocycles. The molecule has 0 unspecified atom stereocenters. The molecule has 8 heteroatoms. The molecule has 1 atom stereocenters. The van der Waals surface area contributed by atoms with E-state index in [1.54, 1.807) is 31.2 Å². The third-order valence-electron chi connectivity index (χ3n) is 4.85. The van der Waals surface area contributed by atoms with Crippen LogP contribution in [-0.4, -0.2) is 34.0 Å². The lowest BCUT2D eigenvalue weighted by Gasteiger charge is -2.26. The van der Waals surface area contributed by atoms with Gasteiger partial charge in [-0.2, -0.15) is 0 Å². The van der Waals surface area contributed by atoms with Gasteiger partial charge in [-0.25, -0.2) is 13.4 Å². The van der Waals surface area contributed by atoms with Crippen molar-refractivity contribution in [3.8, 4) is 0 Å². The minimum atomic E-state index is -3.67. The molecular weight excluding hydrogens is 364 g/mol. The summed E-state index contributed by atoms with van der Waals surface area (Å²) in [5.74, 6) is 0.312. The van der Waals surface area contributed by atoms with Crippen molar-refractivity contribution in [1.29, 1.82) is 0 Å². The number of pyridine rings is 1. The first-order valence-electron chi connectivity index (χ1n) is 9.07. The number of sulfonamides is 1. The summed E-state index contributed by atoms with van der Waals surface area (Å²) in [5, 5.41) is 0. The van der Waals surface area contributed by atoms with Crippen LogP contribution in [0.3, 0.4) is 0 Å². The maximum atomic E-state index is 13.0. The van der Waals surface area contributed by atoms with Gasteiger partial charge in [0.2, 0.25) is 5.91 Å². The van der Waals surface area contributed by atoms with Crippen molar-refractivity contribution in [1.82, 2.24) is 0 Å². The zero-order valence-electron chi connectivity index (χ0n) is 15.3. The largest absolute Gasteiger partial charge is 0.369 e. The van der Waals surface area contributed by atoms with E-state index in [0.717, 1.165) is 25.2 Å². The number of nitrogens with two attached hydrogens (primary N) is 1. The number of nitrogens with zero attached hydrogens (tertiary/aromatic N) is 2. The highest BCUT2D eigenvalue weighted by molar-refractivity contribution is 7.92. The summed E-state index contributed by atoms with van der Waals surface area (Å²) in [4.78, 5) is 16.8. The average molecular weight is 390 g/mol. The number of carbonyl (C=O) groups is 1. The van der Waals surface area contributed by atoms with Gasteiger partial charge in [0.05, 0.1) is 24.7 Å². The lowest BCUT2D eigenvalue weighted by Crippen LogP contribution is -2.43. The van der Waals surface area contributed by atoms with Crippen LogP contribution in [0, 0.1) is 5.92 Å². The van der Waals surface area contributed by atoms with E-state index in [1.807, 2.05) is 23.1 Å². The van der Waals surface area contributed by atoms with E-state index >= 15 is 0 Å². The van der Waals surface area contributed by atoms with Gasteiger partial charge in [0, 0.05) is 12.6 Å². The van der Waals surface area contributed by atoms with Gasteiger partial charge in [0.1, 0.15) is 11.1 Å². The van der Waals surface area contributed by atoms with Crippen molar-refractivity contribution in [2.24, 2.45) is 11.7 Å². The highest BCUT2D eigenvalue weighted by Gasteiger charge is 2.30. The smallest absolute Gasteiger partial charge is 0.274 e. The van der Waals surface area contributed by atoms with E-state index in [9.17, 15) is 13.2 Å². The van der Waals surface area contributed by atoms with Crippen molar-refractivity contribution in [3.63, 3.8) is 0 Å². The number of primary amides is 1. The first kappa shape index (κ1) is 19.2. The normalized spacial score (nSPS) is 17.5. The van der Waals surface area contributed by atoms with Crippen molar-refractivity contribution >= 4 is 27.4 Å². The molecule has 1 aliphatic rings. The molecule has 1 amide bonds. The standard InChI is InChI=1S/C19H24N4O3S/c1-2-23(16-8-4-3-5-9-16)27(25,26)17-10-11-18(21-13-17)22-12-6-7-15(14-22)19(20)24/h3-5,8-11,13,15H,2,6-7,12,14H2,1H3,(H2,20,24)/p+1/t15-/m0/s1. The number of rotatable bonds is 6. The third kappa shape index (κ3) is 4.05. The quantitative estimate of drug-likeness (QED) is 0.808. The molecule has 2 aromatic rings. The number of para-hydroxylation sites is 1. The molecule has 2 heterocycles. The number of hydrogen-bond donors (Lipinski definition) is 1. The van der Waals surface area contributed by atoms with Gasteiger partial charge >= 0.3 is 0 Å². The molecule has 0 saturated carbocycles. The highest BCUT2D eigenvalue weighted by atomic mass is 32.2. The average Bonchev–Trinajstić information content (AvgIpc) is 2.69. The molecule has 0 aliphatic carbocycles. The highest BCUT2D eigenvalue weighted by Crippen LogP contribution is 2.24. The number of nitrogens with one attached hydrogen (secondary N) is 1. The van der Waals surface area contributed by atoms with Crippen LogP contribution in [0.5, 0.6) is 0 Å². The number of H-pyrrole nitrogens is 1. The van der Waals surface area contributed by atoms with E-state index in [0.29, 0.717) is 18.8 Å². The first-order valence-corrected chi connectivity index (χ1v) is 10.5. The van der Waals surface area contributed by atoms with Crippen molar-refractivity contribution < 1.29 is 18.2 Å². The molecule has 1 fully saturated rings. The third-order valence-corrected chi connectivity index (χ3v) is 6.75. The molecule has 144 valence electrons. The molecule has 7 nitrogen and oxygen atoms in total. The van der Waals surface area contributed by atoms with Crippen LogP contribution in [0.1, 0.15) is 19.8 Å². The SMILES string of the molecule is CCN(c1ccccc1)S(=O)(=O)c1ccc(N2CCC[C@H](C(N)=O)C2)[nH+]c1. The summed E-state index contributed by atoms with van der Waals surface area (Å²) < 4.78 is 27.4. The zero-order valence-corrected chi connectivity index (χ0v) is 16.2. The maximum absolute atomic E-state index is 13.0. The predicted molar refractivity (Wildman–Crippen MR) is 104 cm³/mol. The Hall–Kier alpha value is -2.61. The van der Waals surface area contributed by atoms with E-state index in [1.165, 1.54) is 10.5 Å². The van der Waals surface area contributed by atoms with Crippen molar-refractivity contribution in [3.05, 3.63) is 48.7 Å². The van der Waals surface area contributed by atoms with Crippen LogP contribution in [0.2, 0.25) is 0 Å². The predicted octanol–water partition coefficient (Wildman–Crippen LogP) is 1.42. The number of carbonyl (C=O) groups excluding carboxylic acids is 1. The second-order valence-electron chi connectivity index (χ2n) is 6.60. The Balaban J connectivity index is 1.83. The Labute approximate surface area is 159 Å². The molecule has 0 spiro atoms. The Bertz CT molecular complexity index is 885. The number of aromatic amines is 1. The second kappa shape index (κ2) is 7.96. The van der Waals surface area contributed by atoms with Crippen LogP contribution < -0.4 is 19.9 Å². The Morgan fingerprint density at radius 2 is 2.00 bits per heavy atom. The molecule has 0 bridgehead atoms. The lowest BCUT2D eigenvalue weighted by molar-refractivity contribution is -0.367. The Morgan fingerprint density at radius 1 is 1.26 bits per heavy atom. The number of piperidine rings is 1. The topological polar surface area (TPSA) is 97.9 Å². The number of hydrogen-bond acceptors (Lipinski definition) is 4. The fraction of sp³-hybridized carbons (Fsp3) is 0.368. The summed E-state index contributed by atoms with van der Waals surface area (Å²) in [6.07, 6.45) is 3.17. The Morgan fingerprint density at radius 3 is 2.59 bits per heavy atom. The van der Waals surface area contributed by atoms with E-state index in [-0.39, 0.29) is 16.7 Å². The molecule has 1 aromatic heterocycles. The number of amides is 1. The van der Waals surface area contributed by atoms with E-state index in [2.05, 4.69) is 4.98 Å². The molecule has 27 heavy (non-hydrogen) atoms. The number of aromatic nitrogens is 1. The van der Waals surface area contributed by atoms with Crippen molar-refractivity contribution in [2.75, 3.05) is 28.8 Å². The van der Waals surface area contributed by atoms with Gasteiger partial charge in [-0.15, -0.1) is 0 Å². The molecule has 3 rings (SSSR count). The summed E-state index contributed by atoms with van der Waals surface area (Å²) in [7, 11) is -3.67. The van der Waals surface area contributed by atoms with Crippen molar-refractivity contribution in [2.45, 2.75) is 24.7 Å². The summed E-state index contributed by atoms with van der Waals surface area (Å²) >= 11 is 0. The van der Waals surface area contributed by atoms with Crippen LogP contribution in [0.15, 0.2) is 53.6 Å². The van der Waals surface area contributed by atoms with Gasteiger partial charge in [0.25, 0.3) is 15.8 Å². The first-order chi connectivity index (χ1) is 12.9. The molecule has 1 aliphatic heterocycles. The van der Waals surface area contributed by atoms with E-state index < -0.39 is 10.0 Å². The molecule has 3 N–H and O–H groups in total. The van der Waals surface area contributed by atoms with E-state index in [4.69, 9.17) is 5.73 Å². The fourth-order valence-electron chi connectivity index (χ4n) is 3.40. The van der Waals surface area contributed by atoms with Gasteiger partial charge < -0.3 is 5.73 Å². The van der Waals surface area contributed by atoms with Crippen LogP contribution >= 0.6 is 0 Å². The molecular formula is C19H25N4O3S+. The molecule has 0 radical (unpaired) electrons. The summed E-state index contributed by atoms with van der Waals surface area (Å²) in [6.45, 7) is 3.49. The van der Waals surface area contributed by atoms with Gasteiger partial charge in [-0.3, -0.25) is 14.0 Å². The minimum absolute atomic E-state index is 0.177. The van der Waals surface area contributed by atoms with Gasteiger partial charge in [-0.1, -0.05) is 18.2 Å². The minimum Gasteiger partial charge on any atom is -0.369 e. The maximum Gasteiger partial charge on any atom is 0.274 e. The van der Waals surface area contributed by atoms with Crippen LogP contribution in [0.25, 0.3) is 0 Å². The lowest BCUT2D eigenvalue weighted by atomic mass is 9.97. The summed E-state index contributed by atoms with van der Waals surface area (Å²) in [6, 6.07) is 12.4. The second-order valence-corrected chi connectivity index (χ2v) is 8.46. The zero-order chi connectivity index (χ0) is 19.4.